The van der Waals surface area contributed by atoms with Crippen molar-refractivity contribution in [2.24, 2.45) is 17.1 Å². The van der Waals surface area contributed by atoms with Crippen molar-refractivity contribution in [2.45, 2.75) is 27.2 Å². The summed E-state index contributed by atoms with van der Waals surface area (Å²) in [6, 6.07) is 1.89. The second kappa shape index (κ2) is 5.35. The van der Waals surface area contributed by atoms with E-state index in [1.165, 1.54) is 0 Å². The molecular formula is C10H17N3O2. The maximum absolute atomic E-state index is 11.4. The molecule has 0 saturated carbocycles. The van der Waals surface area contributed by atoms with Crippen molar-refractivity contribution >= 4 is 11.8 Å². The Balaban J connectivity index is 4.24. The molecule has 5 nitrogen and oxygen atoms in total. The topological polar surface area (TPSA) is 96.0 Å². The van der Waals surface area contributed by atoms with Crippen LogP contribution in [-0.2, 0) is 9.59 Å². The summed E-state index contributed by atoms with van der Waals surface area (Å²) in [5, 5.41) is 11.2. The fraction of sp³-hybridized carbons (Fsp3) is 0.700. The highest BCUT2D eigenvalue weighted by atomic mass is 16.2. The smallest absolute Gasteiger partial charge is 0.237 e. The van der Waals surface area contributed by atoms with Gasteiger partial charge >= 0.3 is 0 Å². The van der Waals surface area contributed by atoms with Crippen molar-refractivity contribution < 1.29 is 9.59 Å². The van der Waals surface area contributed by atoms with Gasteiger partial charge in [-0.25, -0.2) is 0 Å². The molecule has 0 aliphatic heterocycles. The molecule has 1 atom stereocenters. The molecule has 0 radical (unpaired) electrons. The number of nitriles is 1. The molecule has 1 unspecified atom stereocenters. The molecule has 0 saturated heterocycles. The minimum Gasteiger partial charge on any atom is -0.369 e. The normalized spacial score (nSPS) is 12.7. The Morgan fingerprint density at radius 2 is 2.07 bits per heavy atom. The van der Waals surface area contributed by atoms with Crippen LogP contribution in [0.1, 0.15) is 27.2 Å². The van der Waals surface area contributed by atoms with Gasteiger partial charge in [-0.3, -0.25) is 9.59 Å². The first-order valence-electron chi connectivity index (χ1n) is 4.82. The quantitative estimate of drug-likeness (QED) is 0.678. The van der Waals surface area contributed by atoms with Gasteiger partial charge < -0.3 is 11.1 Å². The average molecular weight is 211 g/mol. The van der Waals surface area contributed by atoms with Crippen LogP contribution in [0.3, 0.4) is 0 Å². The Morgan fingerprint density at radius 3 is 2.40 bits per heavy atom. The summed E-state index contributed by atoms with van der Waals surface area (Å²) in [6.07, 6.45) is 0.458. The Bertz CT molecular complexity index is 292. The van der Waals surface area contributed by atoms with Gasteiger partial charge in [-0.2, -0.15) is 5.26 Å². The molecule has 0 spiro atoms. The molecule has 5 heteroatoms. The van der Waals surface area contributed by atoms with E-state index in [1.54, 1.807) is 20.8 Å². The van der Waals surface area contributed by atoms with E-state index in [-0.39, 0.29) is 12.5 Å². The molecule has 0 bridgehead atoms. The van der Waals surface area contributed by atoms with Crippen LogP contribution < -0.4 is 11.1 Å². The first-order chi connectivity index (χ1) is 6.85. The summed E-state index contributed by atoms with van der Waals surface area (Å²) >= 11 is 0. The lowest BCUT2D eigenvalue weighted by Crippen LogP contribution is -2.43. The van der Waals surface area contributed by atoms with Crippen LogP contribution in [0.5, 0.6) is 0 Å². The highest BCUT2D eigenvalue weighted by Crippen LogP contribution is 2.12. The number of amides is 2. The lowest BCUT2D eigenvalue weighted by atomic mass is 9.92. The number of nitrogens with one attached hydrogen (secondary N) is 1. The van der Waals surface area contributed by atoms with Crippen molar-refractivity contribution in [3.63, 3.8) is 0 Å². The highest BCUT2D eigenvalue weighted by Gasteiger charge is 2.26. The number of nitrogens with two attached hydrogens (primary N) is 1. The van der Waals surface area contributed by atoms with Crippen molar-refractivity contribution in [3.8, 4) is 6.07 Å². The molecule has 0 heterocycles. The van der Waals surface area contributed by atoms with E-state index in [0.717, 1.165) is 0 Å². The number of primary amides is 1. The third-order valence-electron chi connectivity index (χ3n) is 2.25. The summed E-state index contributed by atoms with van der Waals surface area (Å²) in [5.74, 6) is -1.49. The zero-order valence-electron chi connectivity index (χ0n) is 9.33. The zero-order valence-corrected chi connectivity index (χ0v) is 9.33. The Hall–Kier alpha value is -1.57. The molecule has 2 amide bonds. The molecule has 15 heavy (non-hydrogen) atoms. The number of hydrogen-bond acceptors (Lipinski definition) is 3. The van der Waals surface area contributed by atoms with Crippen molar-refractivity contribution in [2.75, 3.05) is 6.54 Å². The van der Waals surface area contributed by atoms with Crippen molar-refractivity contribution in [3.05, 3.63) is 0 Å². The molecule has 3 N–H and O–H groups in total. The van der Waals surface area contributed by atoms with Gasteiger partial charge in [0.1, 0.15) is 5.92 Å². The molecular weight excluding hydrogens is 194 g/mol. The van der Waals surface area contributed by atoms with Gasteiger partial charge in [0.25, 0.3) is 0 Å². The predicted octanol–water partition coefficient (Wildman–Crippen LogP) is 0.164. The molecule has 0 aliphatic rings. The molecule has 0 aromatic heterocycles. The monoisotopic (exact) mass is 211 g/mol. The Kier molecular flexibility index (Phi) is 4.79. The summed E-state index contributed by atoms with van der Waals surface area (Å²) in [4.78, 5) is 22.3. The number of hydrogen-bond donors (Lipinski definition) is 2. The lowest BCUT2D eigenvalue weighted by molar-refractivity contribution is -0.127. The molecule has 0 fully saturated rings. The predicted molar refractivity (Wildman–Crippen MR) is 55.4 cm³/mol. The third-order valence-corrected chi connectivity index (χ3v) is 2.25. The van der Waals surface area contributed by atoms with Gasteiger partial charge in [0, 0.05) is 6.54 Å². The second-order valence-electron chi connectivity index (χ2n) is 4.06. The standard InChI is InChI=1S/C10H17N3O2/c1-4-7(5-11)8(14)13-6-10(2,3)9(12)15/h7H,4,6H2,1-3H3,(H2,12,15)(H,13,14). The number of carbonyl (C=O) groups is 2. The minimum absolute atomic E-state index is 0.152. The van der Waals surface area contributed by atoms with E-state index in [4.69, 9.17) is 11.0 Å². The third kappa shape index (κ3) is 3.98. The van der Waals surface area contributed by atoms with E-state index >= 15 is 0 Å². The van der Waals surface area contributed by atoms with E-state index in [1.807, 2.05) is 6.07 Å². The van der Waals surface area contributed by atoms with Crippen LogP contribution in [0.4, 0.5) is 0 Å². The first-order valence-corrected chi connectivity index (χ1v) is 4.82. The molecule has 0 rings (SSSR count). The summed E-state index contributed by atoms with van der Waals surface area (Å²) < 4.78 is 0. The number of nitrogens with zero attached hydrogens (tertiary/aromatic N) is 1. The van der Waals surface area contributed by atoms with E-state index in [2.05, 4.69) is 5.32 Å². The largest absolute Gasteiger partial charge is 0.369 e. The van der Waals surface area contributed by atoms with Gasteiger partial charge in [-0.15, -0.1) is 0 Å². The van der Waals surface area contributed by atoms with E-state index in [0.29, 0.717) is 6.42 Å². The van der Waals surface area contributed by atoms with Gasteiger partial charge in [0.2, 0.25) is 11.8 Å². The maximum Gasteiger partial charge on any atom is 0.237 e. The Morgan fingerprint density at radius 1 is 1.53 bits per heavy atom. The highest BCUT2D eigenvalue weighted by molar-refractivity contribution is 5.83. The van der Waals surface area contributed by atoms with E-state index < -0.39 is 17.2 Å². The van der Waals surface area contributed by atoms with Crippen LogP contribution >= 0.6 is 0 Å². The van der Waals surface area contributed by atoms with E-state index in [9.17, 15) is 9.59 Å². The summed E-state index contributed by atoms with van der Waals surface area (Å²) in [5.41, 5.74) is 4.35. The van der Waals surface area contributed by atoms with Gasteiger partial charge in [-0.05, 0) is 20.3 Å². The van der Waals surface area contributed by atoms with Crippen LogP contribution in [0.25, 0.3) is 0 Å². The van der Waals surface area contributed by atoms with Gasteiger partial charge in [0.05, 0.1) is 11.5 Å². The fourth-order valence-electron chi connectivity index (χ4n) is 0.854. The zero-order chi connectivity index (χ0) is 12.1. The first kappa shape index (κ1) is 13.4. The van der Waals surface area contributed by atoms with Gasteiger partial charge in [-0.1, -0.05) is 6.92 Å². The molecule has 0 aliphatic carbocycles. The van der Waals surface area contributed by atoms with Crippen LogP contribution in [-0.4, -0.2) is 18.4 Å². The summed E-state index contributed by atoms with van der Waals surface area (Å²) in [7, 11) is 0. The van der Waals surface area contributed by atoms with Crippen LogP contribution in [0.2, 0.25) is 0 Å². The number of rotatable bonds is 5. The lowest BCUT2D eigenvalue weighted by Gasteiger charge is -2.21. The molecule has 0 aromatic carbocycles. The summed E-state index contributed by atoms with van der Waals surface area (Å²) in [6.45, 7) is 5.19. The van der Waals surface area contributed by atoms with Crippen LogP contribution in [0.15, 0.2) is 0 Å². The second-order valence-corrected chi connectivity index (χ2v) is 4.06. The number of carbonyl (C=O) groups excluding carboxylic acids is 2. The molecule has 0 aromatic rings. The maximum atomic E-state index is 11.4. The van der Waals surface area contributed by atoms with Crippen molar-refractivity contribution in [1.29, 1.82) is 5.26 Å². The Labute approximate surface area is 89.6 Å². The SMILES string of the molecule is CCC(C#N)C(=O)NCC(C)(C)C(N)=O. The van der Waals surface area contributed by atoms with Crippen molar-refractivity contribution in [1.82, 2.24) is 5.32 Å². The average Bonchev–Trinajstić information content (AvgIpc) is 2.16. The van der Waals surface area contributed by atoms with Gasteiger partial charge in [0.15, 0.2) is 0 Å². The molecule has 84 valence electrons. The minimum atomic E-state index is -0.788. The van der Waals surface area contributed by atoms with Crippen LogP contribution in [0, 0.1) is 22.7 Å². The fourth-order valence-corrected chi connectivity index (χ4v) is 0.854.